The van der Waals surface area contributed by atoms with Crippen molar-refractivity contribution in [3.63, 3.8) is 0 Å². The second kappa shape index (κ2) is 7.89. The summed E-state index contributed by atoms with van der Waals surface area (Å²) in [5, 5.41) is 11.7. The van der Waals surface area contributed by atoms with E-state index in [0.717, 1.165) is 11.1 Å². The van der Waals surface area contributed by atoms with Crippen molar-refractivity contribution in [3.05, 3.63) is 53.1 Å². The van der Waals surface area contributed by atoms with Crippen molar-refractivity contribution in [2.75, 3.05) is 12.5 Å². The Kier molecular flexibility index (Phi) is 5.17. The van der Waals surface area contributed by atoms with Gasteiger partial charge in [0.2, 0.25) is 18.6 Å². The van der Waals surface area contributed by atoms with Crippen LogP contribution in [0.15, 0.2) is 52.1 Å². The van der Waals surface area contributed by atoms with Gasteiger partial charge in [-0.25, -0.2) is 0 Å². The molecule has 1 N–H and O–H groups in total. The second-order valence-corrected chi connectivity index (χ2v) is 7.00. The summed E-state index contributed by atoms with van der Waals surface area (Å²) in [6, 6.07) is 12.7. The summed E-state index contributed by atoms with van der Waals surface area (Å²) in [5.41, 5.74) is 1.70. The Morgan fingerprint density at radius 1 is 1.11 bits per heavy atom. The van der Waals surface area contributed by atoms with Crippen LogP contribution in [0.25, 0.3) is 11.5 Å². The zero-order chi connectivity index (χ0) is 18.6. The van der Waals surface area contributed by atoms with Gasteiger partial charge >= 0.3 is 0 Å². The van der Waals surface area contributed by atoms with Gasteiger partial charge in [0.1, 0.15) is 0 Å². The average molecular weight is 404 g/mol. The third-order valence-corrected chi connectivity index (χ3v) is 4.82. The molecule has 0 saturated heterocycles. The molecule has 4 rings (SSSR count). The fourth-order valence-corrected chi connectivity index (χ4v) is 3.13. The number of nitrogens with one attached hydrogen (secondary N) is 1. The Hall–Kier alpha value is -2.71. The third kappa shape index (κ3) is 4.35. The molecule has 1 aromatic heterocycles. The fraction of sp³-hybridized carbons (Fsp3) is 0.167. The molecular weight excluding hydrogens is 390 g/mol. The van der Waals surface area contributed by atoms with Crippen molar-refractivity contribution in [2.24, 2.45) is 0 Å². The number of hydrogen-bond acceptors (Lipinski definition) is 7. The number of hydrogen-bond donors (Lipinski definition) is 1. The lowest BCUT2D eigenvalue weighted by Crippen LogP contribution is -2.24. The number of halogens is 1. The van der Waals surface area contributed by atoms with Gasteiger partial charge in [-0.3, -0.25) is 4.79 Å². The maximum Gasteiger partial charge on any atom is 0.277 e. The van der Waals surface area contributed by atoms with Gasteiger partial charge in [0, 0.05) is 17.1 Å². The molecule has 0 radical (unpaired) electrons. The number of carbonyl (C=O) groups is 1. The first kappa shape index (κ1) is 17.7. The van der Waals surface area contributed by atoms with Gasteiger partial charge in [-0.05, 0) is 42.0 Å². The minimum Gasteiger partial charge on any atom is -0.454 e. The number of aromatic nitrogens is 2. The highest BCUT2D eigenvalue weighted by atomic mass is 35.5. The SMILES string of the molecule is O=C(CSc1nnc(-c2ccc(Cl)cc2)o1)NCc1ccc2c(c1)OCO2. The molecule has 0 atom stereocenters. The molecule has 0 aliphatic carbocycles. The van der Waals surface area contributed by atoms with Gasteiger partial charge in [-0.15, -0.1) is 10.2 Å². The smallest absolute Gasteiger partial charge is 0.277 e. The first-order valence-electron chi connectivity index (χ1n) is 8.05. The molecule has 0 saturated carbocycles. The van der Waals surface area contributed by atoms with E-state index in [2.05, 4.69) is 15.5 Å². The Morgan fingerprint density at radius 3 is 2.78 bits per heavy atom. The molecule has 9 heteroatoms. The van der Waals surface area contributed by atoms with E-state index in [9.17, 15) is 4.79 Å². The number of carbonyl (C=O) groups excluding carboxylic acids is 1. The summed E-state index contributed by atoms with van der Waals surface area (Å²) in [4.78, 5) is 12.0. The lowest BCUT2D eigenvalue weighted by Gasteiger charge is -2.05. The number of thioether (sulfide) groups is 1. The molecule has 1 amide bonds. The van der Waals surface area contributed by atoms with Crippen LogP contribution in [0.3, 0.4) is 0 Å². The third-order valence-electron chi connectivity index (χ3n) is 3.75. The highest BCUT2D eigenvalue weighted by Gasteiger charge is 2.14. The molecule has 7 nitrogen and oxygen atoms in total. The van der Waals surface area contributed by atoms with E-state index in [4.69, 9.17) is 25.5 Å². The second-order valence-electron chi connectivity index (χ2n) is 5.63. The van der Waals surface area contributed by atoms with Gasteiger partial charge in [0.25, 0.3) is 5.22 Å². The highest BCUT2D eigenvalue weighted by molar-refractivity contribution is 7.99. The Balaban J connectivity index is 1.27. The van der Waals surface area contributed by atoms with E-state index < -0.39 is 0 Å². The van der Waals surface area contributed by atoms with Crippen LogP contribution in [0.2, 0.25) is 5.02 Å². The van der Waals surface area contributed by atoms with E-state index in [1.165, 1.54) is 11.8 Å². The molecule has 0 spiro atoms. The molecule has 138 valence electrons. The highest BCUT2D eigenvalue weighted by Crippen LogP contribution is 2.32. The number of amides is 1. The number of nitrogens with zero attached hydrogens (tertiary/aromatic N) is 2. The lowest BCUT2D eigenvalue weighted by atomic mass is 10.2. The molecule has 2 aromatic carbocycles. The minimum absolute atomic E-state index is 0.135. The van der Waals surface area contributed by atoms with Crippen molar-refractivity contribution in [3.8, 4) is 23.0 Å². The van der Waals surface area contributed by atoms with Crippen LogP contribution >= 0.6 is 23.4 Å². The summed E-state index contributed by atoms with van der Waals surface area (Å²) in [5.74, 6) is 1.83. The van der Waals surface area contributed by atoms with Gasteiger partial charge < -0.3 is 19.2 Å². The number of ether oxygens (including phenoxy) is 2. The molecule has 2 heterocycles. The minimum atomic E-state index is -0.135. The fourth-order valence-electron chi connectivity index (χ4n) is 2.41. The topological polar surface area (TPSA) is 86.5 Å². The van der Waals surface area contributed by atoms with Gasteiger partial charge in [-0.1, -0.05) is 29.4 Å². The molecule has 0 unspecified atom stereocenters. The van der Waals surface area contributed by atoms with Gasteiger partial charge in [0.15, 0.2) is 11.5 Å². The van der Waals surface area contributed by atoms with E-state index in [1.54, 1.807) is 24.3 Å². The van der Waals surface area contributed by atoms with Crippen molar-refractivity contribution in [1.29, 1.82) is 0 Å². The van der Waals surface area contributed by atoms with Crippen LogP contribution in [-0.4, -0.2) is 28.7 Å². The monoisotopic (exact) mass is 403 g/mol. The standard InChI is InChI=1S/C18H14ClN3O4S/c19-13-4-2-12(3-5-13)17-21-22-18(26-17)27-9-16(23)20-8-11-1-6-14-15(7-11)25-10-24-14/h1-7H,8-10H2,(H,20,23). The maximum absolute atomic E-state index is 12.0. The first-order valence-corrected chi connectivity index (χ1v) is 9.41. The van der Waals surface area contributed by atoms with Crippen LogP contribution in [0.1, 0.15) is 5.56 Å². The van der Waals surface area contributed by atoms with Gasteiger partial charge in [0.05, 0.1) is 5.75 Å². The predicted octanol–water partition coefficient (Wildman–Crippen LogP) is 3.53. The van der Waals surface area contributed by atoms with Crippen LogP contribution in [0, 0.1) is 0 Å². The molecular formula is C18H14ClN3O4S. The summed E-state index contributed by atoms with van der Waals surface area (Å²) in [6.45, 7) is 0.625. The van der Waals surface area contributed by atoms with Crippen molar-refractivity contribution in [1.82, 2.24) is 15.5 Å². The van der Waals surface area contributed by atoms with Crippen molar-refractivity contribution < 1.29 is 18.7 Å². The Bertz CT molecular complexity index is 961. The van der Waals surface area contributed by atoms with Crippen LogP contribution in [0.5, 0.6) is 11.5 Å². The number of rotatable bonds is 6. The molecule has 0 bridgehead atoms. The van der Waals surface area contributed by atoms with E-state index in [0.29, 0.717) is 34.2 Å². The van der Waals surface area contributed by atoms with Gasteiger partial charge in [-0.2, -0.15) is 0 Å². The first-order chi connectivity index (χ1) is 13.2. The molecule has 3 aromatic rings. The lowest BCUT2D eigenvalue weighted by molar-refractivity contribution is -0.118. The van der Waals surface area contributed by atoms with E-state index in [-0.39, 0.29) is 18.5 Å². The quantitative estimate of drug-likeness (QED) is 0.630. The van der Waals surface area contributed by atoms with Crippen LogP contribution < -0.4 is 14.8 Å². The zero-order valence-electron chi connectivity index (χ0n) is 14.0. The Labute approximate surface area is 164 Å². The van der Waals surface area contributed by atoms with E-state index >= 15 is 0 Å². The molecule has 1 aliphatic heterocycles. The van der Waals surface area contributed by atoms with E-state index in [1.807, 2.05) is 18.2 Å². The largest absolute Gasteiger partial charge is 0.454 e. The summed E-state index contributed by atoms with van der Waals surface area (Å²) >= 11 is 7.04. The van der Waals surface area contributed by atoms with Crippen LogP contribution in [-0.2, 0) is 11.3 Å². The number of benzene rings is 2. The van der Waals surface area contributed by atoms with Crippen molar-refractivity contribution in [2.45, 2.75) is 11.8 Å². The molecule has 0 fully saturated rings. The average Bonchev–Trinajstić information content (AvgIpc) is 3.34. The normalized spacial score (nSPS) is 12.2. The summed E-state index contributed by atoms with van der Waals surface area (Å²) in [7, 11) is 0. The van der Waals surface area contributed by atoms with Crippen LogP contribution in [0.4, 0.5) is 0 Å². The zero-order valence-corrected chi connectivity index (χ0v) is 15.5. The summed E-state index contributed by atoms with van der Waals surface area (Å²) < 4.78 is 16.1. The Morgan fingerprint density at radius 2 is 1.93 bits per heavy atom. The van der Waals surface area contributed by atoms with Crippen molar-refractivity contribution >= 4 is 29.3 Å². The molecule has 27 heavy (non-hydrogen) atoms. The predicted molar refractivity (Wildman–Crippen MR) is 99.9 cm³/mol. The maximum atomic E-state index is 12.0. The summed E-state index contributed by atoms with van der Waals surface area (Å²) in [6.07, 6.45) is 0. The number of fused-ring (bicyclic) bond motifs is 1. The molecule has 1 aliphatic rings.